The first-order valence-corrected chi connectivity index (χ1v) is 6.29. The van der Waals surface area contributed by atoms with E-state index >= 15 is 0 Å². The molecule has 2 rings (SSSR count). The molecule has 19 heavy (non-hydrogen) atoms. The summed E-state index contributed by atoms with van der Waals surface area (Å²) in [7, 11) is 0. The van der Waals surface area contributed by atoms with Crippen LogP contribution in [0.5, 0.6) is 0 Å². The van der Waals surface area contributed by atoms with Crippen molar-refractivity contribution in [3.8, 4) is 0 Å². The van der Waals surface area contributed by atoms with E-state index in [0.29, 0.717) is 12.0 Å². The van der Waals surface area contributed by atoms with Crippen LogP contribution in [0, 0.1) is 11.6 Å². The molecular weight excluding hydrogens is 270 g/mol. The maximum Gasteiger partial charge on any atom is 0.142 e. The number of hydrogen-bond donors (Lipinski definition) is 1. The molecule has 1 atom stereocenters. The Morgan fingerprint density at radius 2 is 1.68 bits per heavy atom. The summed E-state index contributed by atoms with van der Waals surface area (Å²) in [6.07, 6.45) is -0.0640. The molecule has 2 aromatic carbocycles. The fourth-order valence-corrected chi connectivity index (χ4v) is 2.13. The van der Waals surface area contributed by atoms with Crippen molar-refractivity contribution in [2.75, 3.05) is 0 Å². The summed E-state index contributed by atoms with van der Waals surface area (Å²) in [6, 6.07) is 10.4. The highest BCUT2D eigenvalue weighted by molar-refractivity contribution is 6.31. The Morgan fingerprint density at radius 3 is 2.37 bits per heavy atom. The SMILES string of the molecule is OC(Cc1ccc(F)cc1)Cc1cccc(F)c1Cl. The van der Waals surface area contributed by atoms with Crippen LogP contribution in [0.25, 0.3) is 0 Å². The second-order valence-electron chi connectivity index (χ2n) is 4.40. The van der Waals surface area contributed by atoms with E-state index in [4.69, 9.17) is 11.6 Å². The van der Waals surface area contributed by atoms with Gasteiger partial charge in [-0.2, -0.15) is 0 Å². The van der Waals surface area contributed by atoms with E-state index < -0.39 is 11.9 Å². The van der Waals surface area contributed by atoms with Crippen LogP contribution in [0.4, 0.5) is 8.78 Å². The number of rotatable bonds is 4. The Hall–Kier alpha value is -1.45. The minimum Gasteiger partial charge on any atom is -0.392 e. The molecule has 0 radical (unpaired) electrons. The summed E-state index contributed by atoms with van der Waals surface area (Å²) >= 11 is 5.83. The molecule has 4 heteroatoms. The van der Waals surface area contributed by atoms with Gasteiger partial charge < -0.3 is 5.11 Å². The average Bonchev–Trinajstić information content (AvgIpc) is 2.38. The minimum atomic E-state index is -0.690. The Labute approximate surface area is 115 Å². The van der Waals surface area contributed by atoms with Crippen molar-refractivity contribution in [3.63, 3.8) is 0 Å². The molecule has 0 bridgehead atoms. The van der Waals surface area contributed by atoms with E-state index in [0.717, 1.165) is 5.56 Å². The number of halogens is 3. The molecule has 0 saturated carbocycles. The minimum absolute atomic E-state index is 0.0423. The highest BCUT2D eigenvalue weighted by Crippen LogP contribution is 2.21. The van der Waals surface area contributed by atoms with Crippen molar-refractivity contribution in [1.82, 2.24) is 0 Å². The monoisotopic (exact) mass is 282 g/mol. The molecule has 0 fully saturated rings. The van der Waals surface area contributed by atoms with Gasteiger partial charge in [0.1, 0.15) is 11.6 Å². The highest BCUT2D eigenvalue weighted by Gasteiger charge is 2.11. The van der Waals surface area contributed by atoms with Crippen molar-refractivity contribution >= 4 is 11.6 Å². The Morgan fingerprint density at radius 1 is 1.00 bits per heavy atom. The van der Waals surface area contributed by atoms with Gasteiger partial charge in [-0.1, -0.05) is 35.9 Å². The van der Waals surface area contributed by atoms with Gasteiger partial charge in [0.25, 0.3) is 0 Å². The van der Waals surface area contributed by atoms with Crippen LogP contribution in [-0.2, 0) is 12.8 Å². The summed E-state index contributed by atoms with van der Waals surface area (Å²) in [5, 5.41) is 10.0. The van der Waals surface area contributed by atoms with E-state index in [-0.39, 0.29) is 17.3 Å². The average molecular weight is 283 g/mol. The van der Waals surface area contributed by atoms with E-state index in [1.54, 1.807) is 24.3 Å². The zero-order valence-corrected chi connectivity index (χ0v) is 10.9. The lowest BCUT2D eigenvalue weighted by Crippen LogP contribution is -2.14. The normalized spacial score (nSPS) is 12.4. The highest BCUT2D eigenvalue weighted by atomic mass is 35.5. The summed E-state index contributed by atoms with van der Waals surface area (Å²) in [5.41, 5.74) is 1.39. The molecule has 0 aliphatic heterocycles. The van der Waals surface area contributed by atoms with Crippen LogP contribution in [0.15, 0.2) is 42.5 Å². The molecule has 100 valence electrons. The lowest BCUT2D eigenvalue weighted by atomic mass is 10.0. The third kappa shape index (κ3) is 3.75. The van der Waals surface area contributed by atoms with Crippen LogP contribution in [-0.4, -0.2) is 11.2 Å². The van der Waals surface area contributed by atoms with Crippen molar-refractivity contribution in [2.45, 2.75) is 18.9 Å². The van der Waals surface area contributed by atoms with Crippen LogP contribution in [0.3, 0.4) is 0 Å². The number of benzene rings is 2. The number of aliphatic hydroxyl groups excluding tert-OH is 1. The number of aliphatic hydroxyl groups is 1. The van der Waals surface area contributed by atoms with Gasteiger partial charge in [-0.15, -0.1) is 0 Å². The third-order valence-corrected chi connectivity index (χ3v) is 3.29. The Balaban J connectivity index is 2.03. The van der Waals surface area contributed by atoms with Gasteiger partial charge >= 0.3 is 0 Å². The molecule has 0 aromatic heterocycles. The third-order valence-electron chi connectivity index (χ3n) is 2.87. The second-order valence-corrected chi connectivity index (χ2v) is 4.78. The molecule has 1 N–H and O–H groups in total. The largest absolute Gasteiger partial charge is 0.392 e. The fraction of sp³-hybridized carbons (Fsp3) is 0.200. The van der Waals surface area contributed by atoms with Gasteiger partial charge in [0.05, 0.1) is 11.1 Å². The molecule has 0 amide bonds. The van der Waals surface area contributed by atoms with Crippen LogP contribution in [0.2, 0.25) is 5.02 Å². The molecule has 0 heterocycles. The van der Waals surface area contributed by atoms with Crippen LogP contribution < -0.4 is 0 Å². The van der Waals surface area contributed by atoms with Gasteiger partial charge in [0.2, 0.25) is 0 Å². The molecule has 0 spiro atoms. The van der Waals surface area contributed by atoms with Gasteiger partial charge in [0, 0.05) is 6.42 Å². The second kappa shape index (κ2) is 6.13. The Kier molecular flexibility index (Phi) is 4.51. The fourth-order valence-electron chi connectivity index (χ4n) is 1.92. The van der Waals surface area contributed by atoms with E-state index in [1.165, 1.54) is 18.2 Å². The summed E-state index contributed by atoms with van der Waals surface area (Å²) in [6.45, 7) is 0. The Bertz CT molecular complexity index is 555. The molecule has 1 nitrogen and oxygen atoms in total. The van der Waals surface area contributed by atoms with Gasteiger partial charge in [-0.25, -0.2) is 8.78 Å². The number of hydrogen-bond acceptors (Lipinski definition) is 1. The molecule has 0 aliphatic carbocycles. The zero-order chi connectivity index (χ0) is 13.8. The van der Waals surface area contributed by atoms with Crippen molar-refractivity contribution in [2.24, 2.45) is 0 Å². The van der Waals surface area contributed by atoms with E-state index in [9.17, 15) is 13.9 Å². The molecule has 1 unspecified atom stereocenters. The molecule has 0 saturated heterocycles. The predicted molar refractivity (Wildman–Crippen MR) is 71.2 cm³/mol. The maximum absolute atomic E-state index is 13.2. The first-order chi connectivity index (χ1) is 9.06. The predicted octanol–water partition coefficient (Wildman–Crippen LogP) is 3.76. The lowest BCUT2D eigenvalue weighted by Gasteiger charge is -2.12. The van der Waals surface area contributed by atoms with Crippen molar-refractivity contribution < 1.29 is 13.9 Å². The quantitative estimate of drug-likeness (QED) is 0.905. The maximum atomic E-state index is 13.2. The summed E-state index contributed by atoms with van der Waals surface area (Å²) < 4.78 is 26.0. The smallest absolute Gasteiger partial charge is 0.142 e. The van der Waals surface area contributed by atoms with Gasteiger partial charge in [-0.05, 0) is 35.7 Å². The van der Waals surface area contributed by atoms with Gasteiger partial charge in [0.15, 0.2) is 0 Å². The van der Waals surface area contributed by atoms with Crippen LogP contribution in [0.1, 0.15) is 11.1 Å². The van der Waals surface area contributed by atoms with Gasteiger partial charge in [-0.3, -0.25) is 0 Å². The summed E-state index contributed by atoms with van der Waals surface area (Å²) in [4.78, 5) is 0. The zero-order valence-electron chi connectivity index (χ0n) is 10.1. The standard InChI is InChI=1S/C15H13ClF2O/c16-15-11(2-1-3-14(15)18)9-13(19)8-10-4-6-12(17)7-5-10/h1-7,13,19H,8-9H2. The van der Waals surface area contributed by atoms with Crippen molar-refractivity contribution in [3.05, 3.63) is 70.2 Å². The van der Waals surface area contributed by atoms with E-state index in [2.05, 4.69) is 0 Å². The van der Waals surface area contributed by atoms with Crippen molar-refractivity contribution in [1.29, 1.82) is 0 Å². The topological polar surface area (TPSA) is 20.2 Å². The first kappa shape index (κ1) is 14.0. The van der Waals surface area contributed by atoms with E-state index in [1.807, 2.05) is 0 Å². The summed E-state index contributed by atoms with van der Waals surface area (Å²) in [5.74, 6) is -0.806. The first-order valence-electron chi connectivity index (χ1n) is 5.91. The molecule has 0 aliphatic rings. The lowest BCUT2D eigenvalue weighted by molar-refractivity contribution is 0.175. The molecular formula is C15H13ClF2O. The molecule has 2 aromatic rings. The van der Waals surface area contributed by atoms with Crippen LogP contribution >= 0.6 is 11.6 Å².